The predicted molar refractivity (Wildman–Crippen MR) is 232 cm³/mol. The molecule has 0 spiro atoms. The van der Waals surface area contributed by atoms with Crippen LogP contribution >= 0.6 is 7.82 Å². The number of carbonyl (C=O) groups excluding carboxylic acids is 2. The molecule has 0 fully saturated rings. The van der Waals surface area contributed by atoms with Crippen LogP contribution in [0.4, 0.5) is 0 Å². The van der Waals surface area contributed by atoms with Gasteiger partial charge in [0.2, 0.25) is 0 Å². The van der Waals surface area contributed by atoms with Crippen molar-refractivity contribution in [2.45, 2.75) is 239 Å². The fourth-order valence-electron chi connectivity index (χ4n) is 7.02. The van der Waals surface area contributed by atoms with Gasteiger partial charge in [-0.3, -0.25) is 14.2 Å². The van der Waals surface area contributed by atoms with Gasteiger partial charge in [0, 0.05) is 12.8 Å². The number of rotatable bonds is 44. The molecule has 0 radical (unpaired) electrons. The van der Waals surface area contributed by atoms with E-state index in [4.69, 9.17) is 18.5 Å². The van der Waals surface area contributed by atoms with E-state index in [2.05, 4.69) is 27.7 Å². The Hall–Kier alpha value is -0.990. The normalized spacial score (nSPS) is 13.5. The Kier molecular flexibility index (Phi) is 38.8. The molecule has 334 valence electrons. The highest BCUT2D eigenvalue weighted by molar-refractivity contribution is 7.45. The first-order chi connectivity index (χ1) is 27.1. The maximum Gasteiger partial charge on any atom is 0.306 e. The second kappa shape index (κ2) is 39.5. The average Bonchev–Trinajstić information content (AvgIpc) is 3.18. The zero-order chi connectivity index (χ0) is 41.4. The van der Waals surface area contributed by atoms with Crippen molar-refractivity contribution >= 4 is 19.8 Å². The van der Waals surface area contributed by atoms with Crippen LogP contribution in [-0.2, 0) is 32.7 Å². The maximum atomic E-state index is 12.7. The van der Waals surface area contributed by atoms with Crippen molar-refractivity contribution in [1.82, 2.24) is 0 Å². The van der Waals surface area contributed by atoms with E-state index in [1.54, 1.807) is 0 Å². The van der Waals surface area contributed by atoms with E-state index in [9.17, 15) is 19.0 Å². The highest BCUT2D eigenvalue weighted by Crippen LogP contribution is 2.38. The summed E-state index contributed by atoms with van der Waals surface area (Å²) >= 11 is 0. The van der Waals surface area contributed by atoms with Crippen LogP contribution in [0, 0.1) is 0 Å². The summed E-state index contributed by atoms with van der Waals surface area (Å²) < 4.78 is 34.5. The van der Waals surface area contributed by atoms with E-state index in [0.717, 1.165) is 45.2 Å². The van der Waals surface area contributed by atoms with Crippen LogP contribution in [0.5, 0.6) is 0 Å². The number of hydrogen-bond donors (Lipinski definition) is 0. The number of carbonyl (C=O) groups is 2. The number of phosphoric acid groups is 1. The number of quaternary nitrogens is 1. The standard InChI is InChI=1S/C46H92NO8P/c1-6-10-12-14-16-18-20-22-24-26-28-30-32-34-36-38-45(48)52-42-44(43-54-56(50,51)53-41-40-47(5,8-3)9-4)55-46(49)39-37-35-33-31-29-27-25-23-21-19-17-15-13-11-7-2/h44H,6-43H2,1-5H3. The molecule has 0 aromatic rings. The van der Waals surface area contributed by atoms with Gasteiger partial charge in [0.05, 0.1) is 26.7 Å². The molecule has 0 rings (SSSR count). The summed E-state index contributed by atoms with van der Waals surface area (Å²) in [7, 11) is -2.59. The summed E-state index contributed by atoms with van der Waals surface area (Å²) in [5.41, 5.74) is 0. The van der Waals surface area contributed by atoms with Crippen LogP contribution in [0.3, 0.4) is 0 Å². The number of likely N-dealkylation sites (N-methyl/N-ethyl adjacent to an activating group) is 1. The minimum atomic E-state index is -4.64. The largest absolute Gasteiger partial charge is 0.756 e. The van der Waals surface area contributed by atoms with Gasteiger partial charge in [0.1, 0.15) is 19.8 Å². The summed E-state index contributed by atoms with van der Waals surface area (Å²) in [6.45, 7) is 10.2. The third-order valence-corrected chi connectivity index (χ3v) is 12.5. The first kappa shape index (κ1) is 55.0. The van der Waals surface area contributed by atoms with Crippen molar-refractivity contribution in [3.05, 3.63) is 0 Å². The van der Waals surface area contributed by atoms with E-state index in [1.807, 2.05) is 7.05 Å². The molecule has 0 aliphatic heterocycles. The molecular formula is C46H92NO8P. The topological polar surface area (TPSA) is 111 Å². The number of ether oxygens (including phenoxy) is 2. The number of hydrogen-bond acceptors (Lipinski definition) is 8. The van der Waals surface area contributed by atoms with Crippen molar-refractivity contribution in [3.63, 3.8) is 0 Å². The molecule has 0 aromatic carbocycles. The Morgan fingerprint density at radius 3 is 1.20 bits per heavy atom. The van der Waals surface area contributed by atoms with Gasteiger partial charge < -0.3 is 27.9 Å². The van der Waals surface area contributed by atoms with E-state index in [0.29, 0.717) is 17.4 Å². The minimum absolute atomic E-state index is 0.00313. The van der Waals surface area contributed by atoms with Gasteiger partial charge in [-0.25, -0.2) is 0 Å². The maximum absolute atomic E-state index is 12.7. The van der Waals surface area contributed by atoms with Gasteiger partial charge in [-0.2, -0.15) is 0 Å². The Morgan fingerprint density at radius 2 is 0.839 bits per heavy atom. The molecule has 0 heterocycles. The third kappa shape index (κ3) is 37.3. The van der Waals surface area contributed by atoms with Gasteiger partial charge in [0.15, 0.2) is 6.10 Å². The molecule has 0 aliphatic rings. The lowest BCUT2D eigenvalue weighted by Crippen LogP contribution is -2.45. The highest BCUT2D eigenvalue weighted by atomic mass is 31.2. The van der Waals surface area contributed by atoms with Gasteiger partial charge in [-0.05, 0) is 26.7 Å². The first-order valence-electron chi connectivity index (χ1n) is 23.9. The predicted octanol–water partition coefficient (Wildman–Crippen LogP) is 13.0. The Labute approximate surface area is 346 Å². The molecule has 0 N–H and O–H groups in total. The van der Waals surface area contributed by atoms with Crippen LogP contribution < -0.4 is 4.89 Å². The summed E-state index contributed by atoms with van der Waals surface area (Å²) in [5.74, 6) is -0.812. The quantitative estimate of drug-likeness (QED) is 0.0259. The Balaban J connectivity index is 4.41. The Bertz CT molecular complexity index is 931. The van der Waals surface area contributed by atoms with Crippen LogP contribution in [-0.4, -0.2) is 69.0 Å². The second-order valence-corrected chi connectivity index (χ2v) is 18.2. The lowest BCUT2D eigenvalue weighted by molar-refractivity contribution is -0.906. The summed E-state index contributed by atoms with van der Waals surface area (Å²) in [5, 5.41) is 0. The van der Waals surface area contributed by atoms with Gasteiger partial charge >= 0.3 is 11.9 Å². The molecule has 0 saturated carbocycles. The SMILES string of the molecule is CCCCCCCCCCCCCCCCCC(=O)OCC(COP(=O)([O-])OCC[N+](C)(CC)CC)OC(=O)CCCCCCCCCCCCCCCCC. The lowest BCUT2D eigenvalue weighted by atomic mass is 10.0. The molecule has 56 heavy (non-hydrogen) atoms. The second-order valence-electron chi connectivity index (χ2n) is 16.7. The summed E-state index contributed by atoms with van der Waals surface area (Å²) in [4.78, 5) is 37.8. The van der Waals surface area contributed by atoms with Crippen molar-refractivity contribution in [3.8, 4) is 0 Å². The summed E-state index contributed by atoms with van der Waals surface area (Å²) in [6.07, 6.45) is 36.9. The van der Waals surface area contributed by atoms with Crippen molar-refractivity contribution in [1.29, 1.82) is 0 Å². The van der Waals surface area contributed by atoms with Crippen molar-refractivity contribution in [2.75, 3.05) is 46.5 Å². The molecule has 0 bridgehead atoms. The van der Waals surface area contributed by atoms with Gasteiger partial charge in [-0.1, -0.05) is 194 Å². The lowest BCUT2D eigenvalue weighted by Gasteiger charge is -2.33. The molecule has 0 amide bonds. The van der Waals surface area contributed by atoms with E-state index in [-0.39, 0.29) is 32.0 Å². The van der Waals surface area contributed by atoms with E-state index in [1.165, 1.54) is 154 Å². The molecule has 2 unspecified atom stereocenters. The first-order valence-corrected chi connectivity index (χ1v) is 25.4. The molecule has 0 saturated heterocycles. The number of nitrogens with zero attached hydrogens (tertiary/aromatic N) is 1. The van der Waals surface area contributed by atoms with Crippen LogP contribution in [0.25, 0.3) is 0 Å². The minimum Gasteiger partial charge on any atom is -0.756 e. The monoisotopic (exact) mass is 818 g/mol. The molecular weight excluding hydrogens is 725 g/mol. The molecule has 0 aromatic heterocycles. The number of esters is 2. The zero-order valence-corrected chi connectivity index (χ0v) is 38.5. The molecule has 10 heteroatoms. The van der Waals surface area contributed by atoms with Crippen molar-refractivity contribution in [2.24, 2.45) is 0 Å². The average molecular weight is 818 g/mol. The Morgan fingerprint density at radius 1 is 0.500 bits per heavy atom. The summed E-state index contributed by atoms with van der Waals surface area (Å²) in [6, 6.07) is 0. The van der Waals surface area contributed by atoms with Crippen molar-refractivity contribution < 1.29 is 42.1 Å². The van der Waals surface area contributed by atoms with E-state index >= 15 is 0 Å². The highest BCUT2D eigenvalue weighted by Gasteiger charge is 2.23. The smallest absolute Gasteiger partial charge is 0.306 e. The third-order valence-electron chi connectivity index (χ3n) is 11.5. The van der Waals surface area contributed by atoms with E-state index < -0.39 is 26.5 Å². The zero-order valence-electron chi connectivity index (χ0n) is 37.6. The van der Waals surface area contributed by atoms with Gasteiger partial charge in [-0.15, -0.1) is 0 Å². The van der Waals surface area contributed by atoms with Crippen LogP contribution in [0.15, 0.2) is 0 Å². The fourth-order valence-corrected chi connectivity index (χ4v) is 7.75. The van der Waals surface area contributed by atoms with Crippen LogP contribution in [0.1, 0.15) is 233 Å². The van der Waals surface area contributed by atoms with Crippen LogP contribution in [0.2, 0.25) is 0 Å². The molecule has 2 atom stereocenters. The van der Waals surface area contributed by atoms with Gasteiger partial charge in [0.25, 0.3) is 7.82 Å². The number of phosphoric ester groups is 1. The fraction of sp³-hybridized carbons (Fsp3) is 0.957. The number of unbranched alkanes of at least 4 members (excludes halogenated alkanes) is 28. The molecule has 0 aliphatic carbocycles. The molecule has 9 nitrogen and oxygen atoms in total.